The zero-order valence-electron chi connectivity index (χ0n) is 35.8. The van der Waals surface area contributed by atoms with E-state index in [-0.39, 0.29) is 61.2 Å². The van der Waals surface area contributed by atoms with Crippen LogP contribution in [-0.2, 0) is 39.0 Å². The van der Waals surface area contributed by atoms with Gasteiger partial charge in [-0.2, -0.15) is 0 Å². The molecule has 0 amide bonds. The number of aromatic nitrogens is 2. The van der Waals surface area contributed by atoms with Crippen molar-refractivity contribution in [2.75, 3.05) is 0 Å². The number of benzene rings is 6. The monoisotopic (exact) mass is 974 g/mol. The molecule has 0 aliphatic rings. The van der Waals surface area contributed by atoms with Gasteiger partial charge in [0.05, 0.1) is 23.9 Å². The van der Waals surface area contributed by atoms with Gasteiger partial charge in [0.1, 0.15) is 0 Å². The summed E-state index contributed by atoms with van der Waals surface area (Å²) in [6.07, 6.45) is 15.5. The zero-order chi connectivity index (χ0) is 46.0. The van der Waals surface area contributed by atoms with Crippen LogP contribution in [0.25, 0.3) is 24.3 Å². The van der Waals surface area contributed by atoms with E-state index in [0.717, 1.165) is 0 Å². The van der Waals surface area contributed by atoms with Crippen LogP contribution in [0, 0.1) is 0 Å². The Bertz CT molecular complexity index is 2210. The molecule has 8 rings (SSSR count). The average Bonchev–Trinajstić information content (AvgIpc) is 3.36. The molecule has 12 heteroatoms. The minimum absolute atomic E-state index is 0. The first-order valence-corrected chi connectivity index (χ1v) is 19.4. The van der Waals surface area contributed by atoms with Crippen LogP contribution in [0.3, 0.4) is 0 Å². The quantitative estimate of drug-likeness (QED) is 0.148. The molecule has 66 heavy (non-hydrogen) atoms. The number of carboxylic acid groups (broad SMARTS) is 4. The Balaban J connectivity index is 0.000000399. The fourth-order valence-corrected chi connectivity index (χ4v) is 4.76. The van der Waals surface area contributed by atoms with E-state index in [1.807, 2.05) is 60.7 Å². The summed E-state index contributed by atoms with van der Waals surface area (Å²) in [4.78, 5) is 48.3. The van der Waals surface area contributed by atoms with Gasteiger partial charge in [-0.1, -0.05) is 206 Å². The second kappa shape index (κ2) is 34.7. The smallest absolute Gasteiger partial charge is 0.545 e. The van der Waals surface area contributed by atoms with Gasteiger partial charge in [-0.25, -0.2) is 0 Å². The second-order valence-corrected chi connectivity index (χ2v) is 12.7. The van der Waals surface area contributed by atoms with E-state index < -0.39 is 23.9 Å². The molecule has 0 N–H and O–H groups in total. The molecule has 2 aromatic heterocycles. The Morgan fingerprint density at radius 3 is 0.606 bits per heavy atom. The van der Waals surface area contributed by atoms with Gasteiger partial charge < -0.3 is 39.6 Å². The van der Waals surface area contributed by atoms with E-state index in [4.69, 9.17) is 0 Å². The zero-order valence-corrected chi connectivity index (χ0v) is 41.8. The number of pyridine rings is 2. The van der Waals surface area contributed by atoms with E-state index in [1.165, 1.54) is 70.8 Å². The SMILES string of the molecule is C(=C\c1ccncc1)/c1ccccc1.C(=C\c1ccncc1)/c1ccccc1.O=C([O-])c1ccccc1.O=C([O-])c1ccccc1.O=C([O-])c1ccccc1.O=C([O-])c1ccccc1.[Zn+2].[Zn+2]. The number of carboxylic acids is 4. The standard InChI is InChI=1S/2C13H11N.4C7H6O2.2Zn/c2*1-2-4-12(5-3-1)6-7-13-8-10-14-11-9-13;4*8-7(9)6-4-2-1-3-5-6;;/h2*1-11H;4*1-5H,(H,8,9);;/q;;;;;;2*+2/p-4/b2*7-6+;;;;;;. The minimum Gasteiger partial charge on any atom is -0.545 e. The summed E-state index contributed by atoms with van der Waals surface area (Å²) in [6, 6.07) is 60.7. The fraction of sp³-hybridized carbons (Fsp3) is 0. The summed E-state index contributed by atoms with van der Waals surface area (Å²) in [6.45, 7) is 0. The molecule has 0 bridgehead atoms. The molecule has 0 aliphatic heterocycles. The van der Waals surface area contributed by atoms with Crippen molar-refractivity contribution >= 4 is 48.2 Å². The third-order valence-corrected chi connectivity index (χ3v) is 7.99. The van der Waals surface area contributed by atoms with Crippen molar-refractivity contribution in [3.05, 3.63) is 276 Å². The summed E-state index contributed by atoms with van der Waals surface area (Å²) in [7, 11) is 0. The van der Waals surface area contributed by atoms with Gasteiger partial charge in [0.15, 0.2) is 0 Å². The molecular weight excluding hydrogens is 935 g/mol. The average molecular weight is 978 g/mol. The Hall–Kier alpha value is -7.77. The molecule has 0 aliphatic carbocycles. The third-order valence-electron chi connectivity index (χ3n) is 7.99. The minimum atomic E-state index is -1.13. The van der Waals surface area contributed by atoms with Crippen molar-refractivity contribution in [1.82, 2.24) is 9.97 Å². The molecule has 0 unspecified atom stereocenters. The van der Waals surface area contributed by atoms with E-state index in [2.05, 4.69) is 58.5 Å². The van der Waals surface area contributed by atoms with Crippen LogP contribution >= 0.6 is 0 Å². The maximum Gasteiger partial charge on any atom is 2.00 e. The van der Waals surface area contributed by atoms with E-state index in [0.29, 0.717) is 0 Å². The molecule has 0 spiro atoms. The molecule has 10 nitrogen and oxygen atoms in total. The molecule has 0 atom stereocenters. The number of aromatic carboxylic acids is 4. The second-order valence-electron chi connectivity index (χ2n) is 12.7. The number of carbonyl (C=O) groups is 4. The van der Waals surface area contributed by atoms with Crippen LogP contribution in [0.4, 0.5) is 0 Å². The summed E-state index contributed by atoms with van der Waals surface area (Å²) >= 11 is 0. The number of rotatable bonds is 8. The Kier molecular flexibility index (Phi) is 29.6. The molecular formula is C54H42N2O8Zn2. The molecule has 0 saturated heterocycles. The van der Waals surface area contributed by atoms with E-state index >= 15 is 0 Å². The van der Waals surface area contributed by atoms with Crippen LogP contribution in [0.2, 0.25) is 0 Å². The molecule has 0 fully saturated rings. The molecule has 6 aromatic carbocycles. The van der Waals surface area contributed by atoms with Gasteiger partial charge in [-0.15, -0.1) is 0 Å². The number of hydrogen-bond donors (Lipinski definition) is 0. The molecule has 320 valence electrons. The van der Waals surface area contributed by atoms with Crippen molar-refractivity contribution in [3.63, 3.8) is 0 Å². The van der Waals surface area contributed by atoms with Crippen LogP contribution < -0.4 is 20.4 Å². The molecule has 8 aromatic rings. The third kappa shape index (κ3) is 25.4. The number of carbonyl (C=O) groups excluding carboxylic acids is 4. The first-order valence-electron chi connectivity index (χ1n) is 19.4. The van der Waals surface area contributed by atoms with Gasteiger partial charge in [0, 0.05) is 24.8 Å². The summed E-state index contributed by atoms with van der Waals surface area (Å²) in [5.74, 6) is -4.52. The Labute approximate surface area is 409 Å². The van der Waals surface area contributed by atoms with Gasteiger partial charge in [0.25, 0.3) is 0 Å². The van der Waals surface area contributed by atoms with E-state index in [9.17, 15) is 39.6 Å². The van der Waals surface area contributed by atoms with Crippen LogP contribution in [0.5, 0.6) is 0 Å². The fourth-order valence-electron chi connectivity index (χ4n) is 4.76. The molecule has 0 radical (unpaired) electrons. The van der Waals surface area contributed by atoms with E-state index in [1.54, 1.807) is 97.6 Å². The van der Waals surface area contributed by atoms with Crippen molar-refractivity contribution < 1.29 is 78.6 Å². The molecule has 2 heterocycles. The largest absolute Gasteiger partial charge is 2.00 e. The van der Waals surface area contributed by atoms with Gasteiger partial charge in [-0.05, 0) is 68.8 Å². The summed E-state index contributed by atoms with van der Waals surface area (Å²) < 4.78 is 0. The molecule has 0 saturated carbocycles. The van der Waals surface area contributed by atoms with Crippen LogP contribution in [0.1, 0.15) is 63.7 Å². The van der Waals surface area contributed by atoms with Crippen molar-refractivity contribution in [2.24, 2.45) is 0 Å². The van der Waals surface area contributed by atoms with Gasteiger partial charge in [-0.3, -0.25) is 9.97 Å². The summed E-state index contributed by atoms with van der Waals surface area (Å²) in [5.41, 5.74) is 5.64. The van der Waals surface area contributed by atoms with Crippen molar-refractivity contribution in [1.29, 1.82) is 0 Å². The van der Waals surface area contributed by atoms with Gasteiger partial charge >= 0.3 is 39.0 Å². The maximum atomic E-state index is 10.1. The predicted molar refractivity (Wildman–Crippen MR) is 242 cm³/mol. The number of nitrogens with zero attached hydrogens (tertiary/aromatic N) is 2. The van der Waals surface area contributed by atoms with Gasteiger partial charge in [0.2, 0.25) is 0 Å². The number of hydrogen-bond acceptors (Lipinski definition) is 10. The van der Waals surface area contributed by atoms with Crippen LogP contribution in [-0.4, -0.2) is 33.8 Å². The normalized spacial score (nSPS) is 9.33. The topological polar surface area (TPSA) is 186 Å². The van der Waals surface area contributed by atoms with Crippen LogP contribution in [0.15, 0.2) is 231 Å². The van der Waals surface area contributed by atoms with Crippen molar-refractivity contribution in [2.45, 2.75) is 0 Å². The Morgan fingerprint density at radius 2 is 0.439 bits per heavy atom. The predicted octanol–water partition coefficient (Wildman–Crippen LogP) is 6.70. The van der Waals surface area contributed by atoms with Crippen molar-refractivity contribution in [3.8, 4) is 0 Å². The first kappa shape index (κ1) is 56.2. The summed E-state index contributed by atoms with van der Waals surface area (Å²) in [5, 5.41) is 40.4. The maximum absolute atomic E-state index is 10.1. The first-order chi connectivity index (χ1) is 31.1. The Morgan fingerprint density at radius 1 is 0.273 bits per heavy atom.